The molecule has 4 rings (SSSR count). The van der Waals surface area contributed by atoms with Crippen LogP contribution in [0.25, 0.3) is 0 Å². The van der Waals surface area contributed by atoms with Crippen molar-refractivity contribution in [2.75, 3.05) is 23.8 Å². The minimum atomic E-state index is -0.310. The lowest BCUT2D eigenvalue weighted by Crippen LogP contribution is -2.35. The van der Waals surface area contributed by atoms with Gasteiger partial charge >= 0.3 is 0 Å². The molecule has 2 amide bonds. The number of hydrogen-bond acceptors (Lipinski definition) is 4. The molecule has 2 aromatic rings. The number of thioether (sulfide) groups is 1. The van der Waals surface area contributed by atoms with E-state index in [1.54, 1.807) is 29.2 Å². The Bertz CT molecular complexity index is 882. The molecule has 1 saturated heterocycles. The van der Waals surface area contributed by atoms with E-state index in [1.165, 1.54) is 23.9 Å². The summed E-state index contributed by atoms with van der Waals surface area (Å²) >= 11 is 1.46. The number of fused-ring (bicyclic) bond motifs is 1. The first-order valence-corrected chi connectivity index (χ1v) is 10.3. The third-order valence-electron chi connectivity index (χ3n) is 4.93. The minimum Gasteiger partial charge on any atom is -0.376 e. The molecule has 146 valence electrons. The van der Waals surface area contributed by atoms with Crippen molar-refractivity contribution in [1.29, 1.82) is 0 Å². The van der Waals surface area contributed by atoms with Gasteiger partial charge in [-0.1, -0.05) is 12.1 Å². The van der Waals surface area contributed by atoms with Crippen LogP contribution in [-0.4, -0.2) is 36.8 Å². The highest BCUT2D eigenvalue weighted by Gasteiger charge is 2.26. The topological polar surface area (TPSA) is 58.6 Å². The summed E-state index contributed by atoms with van der Waals surface area (Å²) in [5, 5.41) is 2.91. The van der Waals surface area contributed by atoms with Crippen LogP contribution in [0.5, 0.6) is 0 Å². The summed E-state index contributed by atoms with van der Waals surface area (Å²) in [4.78, 5) is 27.7. The predicted octanol–water partition coefficient (Wildman–Crippen LogP) is 3.37. The summed E-state index contributed by atoms with van der Waals surface area (Å²) < 4.78 is 18.7. The van der Waals surface area contributed by atoms with Gasteiger partial charge < -0.3 is 15.0 Å². The number of anilines is 1. The van der Waals surface area contributed by atoms with Gasteiger partial charge in [0.2, 0.25) is 5.91 Å². The molecule has 2 aliphatic rings. The number of nitrogens with one attached hydrogen (secondary N) is 1. The summed E-state index contributed by atoms with van der Waals surface area (Å²) in [5.74, 6) is -0.171. The Labute approximate surface area is 167 Å². The van der Waals surface area contributed by atoms with Crippen LogP contribution in [0.2, 0.25) is 0 Å². The second-order valence-electron chi connectivity index (χ2n) is 6.92. The molecular formula is C21H21FN2O3S. The summed E-state index contributed by atoms with van der Waals surface area (Å²) in [6.07, 6.45) is 2.06. The van der Waals surface area contributed by atoms with E-state index in [1.807, 2.05) is 6.07 Å². The first kappa shape index (κ1) is 19.0. The van der Waals surface area contributed by atoms with Crippen LogP contribution in [-0.2, 0) is 16.1 Å². The molecule has 0 radical (unpaired) electrons. The maximum Gasteiger partial charge on any atom is 0.251 e. The van der Waals surface area contributed by atoms with Crippen LogP contribution in [0.3, 0.4) is 0 Å². The van der Waals surface area contributed by atoms with Crippen molar-refractivity contribution in [2.45, 2.75) is 30.4 Å². The molecule has 1 atom stereocenters. The van der Waals surface area contributed by atoms with Crippen LogP contribution in [0.1, 0.15) is 28.8 Å². The van der Waals surface area contributed by atoms with E-state index in [0.717, 1.165) is 35.6 Å². The standard InChI is InChI=1S/C21H21FN2O3S/c22-16-6-3-14(4-7-16)12-24-18-10-15(5-8-19(18)28-13-20(24)25)21(26)23-11-17-2-1-9-27-17/h3-8,10,17H,1-2,9,11-13H2,(H,23,26). The fraction of sp³-hybridized carbons (Fsp3) is 0.333. The highest BCUT2D eigenvalue weighted by molar-refractivity contribution is 8.00. The van der Waals surface area contributed by atoms with Crippen LogP contribution in [0.15, 0.2) is 47.4 Å². The summed E-state index contributed by atoms with van der Waals surface area (Å²) in [6.45, 7) is 1.58. The maximum atomic E-state index is 13.2. The third-order valence-corrected chi connectivity index (χ3v) is 5.98. The molecule has 28 heavy (non-hydrogen) atoms. The van der Waals surface area contributed by atoms with Crippen molar-refractivity contribution < 1.29 is 18.7 Å². The van der Waals surface area contributed by atoms with Crippen LogP contribution >= 0.6 is 11.8 Å². The Kier molecular flexibility index (Phi) is 5.64. The van der Waals surface area contributed by atoms with Gasteiger partial charge in [-0.15, -0.1) is 11.8 Å². The monoisotopic (exact) mass is 400 g/mol. The van der Waals surface area contributed by atoms with Gasteiger partial charge in [0.25, 0.3) is 5.91 Å². The number of nitrogens with zero attached hydrogens (tertiary/aromatic N) is 1. The van der Waals surface area contributed by atoms with E-state index in [0.29, 0.717) is 24.4 Å². The third kappa shape index (κ3) is 4.20. The smallest absolute Gasteiger partial charge is 0.251 e. The highest BCUT2D eigenvalue weighted by Crippen LogP contribution is 2.37. The molecule has 7 heteroatoms. The van der Waals surface area contributed by atoms with E-state index in [2.05, 4.69) is 5.32 Å². The Hall–Kier alpha value is -2.38. The fourth-order valence-electron chi connectivity index (χ4n) is 3.40. The fourth-order valence-corrected chi connectivity index (χ4v) is 4.32. The van der Waals surface area contributed by atoms with Gasteiger partial charge in [-0.05, 0) is 48.7 Å². The van der Waals surface area contributed by atoms with Crippen LogP contribution < -0.4 is 10.2 Å². The summed E-state index contributed by atoms with van der Waals surface area (Å²) in [5.41, 5.74) is 2.06. The molecule has 2 aromatic carbocycles. The number of halogens is 1. The maximum absolute atomic E-state index is 13.2. The van der Waals surface area contributed by atoms with Gasteiger partial charge in [0.15, 0.2) is 0 Å². The highest BCUT2D eigenvalue weighted by atomic mass is 32.2. The van der Waals surface area contributed by atoms with Crippen molar-refractivity contribution in [3.05, 3.63) is 59.4 Å². The Balaban J connectivity index is 1.53. The van der Waals surface area contributed by atoms with Crippen molar-refractivity contribution in [3.63, 3.8) is 0 Å². The van der Waals surface area contributed by atoms with Gasteiger partial charge in [0.1, 0.15) is 5.82 Å². The van der Waals surface area contributed by atoms with Gasteiger partial charge in [-0.25, -0.2) is 4.39 Å². The van der Waals surface area contributed by atoms with E-state index in [-0.39, 0.29) is 23.7 Å². The largest absolute Gasteiger partial charge is 0.376 e. The molecule has 1 unspecified atom stereocenters. The Morgan fingerprint density at radius 2 is 2.07 bits per heavy atom. The molecule has 0 spiro atoms. The predicted molar refractivity (Wildman–Crippen MR) is 106 cm³/mol. The number of hydrogen-bond donors (Lipinski definition) is 1. The van der Waals surface area contributed by atoms with Gasteiger partial charge in [-0.3, -0.25) is 9.59 Å². The zero-order valence-electron chi connectivity index (χ0n) is 15.3. The van der Waals surface area contributed by atoms with Crippen molar-refractivity contribution >= 4 is 29.3 Å². The molecular weight excluding hydrogens is 379 g/mol. The second kappa shape index (κ2) is 8.32. The lowest BCUT2D eigenvalue weighted by molar-refractivity contribution is -0.116. The normalized spacial score (nSPS) is 18.8. The molecule has 0 saturated carbocycles. The van der Waals surface area contributed by atoms with E-state index < -0.39 is 0 Å². The molecule has 0 aliphatic carbocycles. The van der Waals surface area contributed by atoms with Crippen LogP contribution in [0.4, 0.5) is 10.1 Å². The molecule has 5 nitrogen and oxygen atoms in total. The zero-order chi connectivity index (χ0) is 19.5. The first-order chi connectivity index (χ1) is 13.6. The average molecular weight is 400 g/mol. The van der Waals surface area contributed by atoms with Gasteiger partial charge in [0.05, 0.1) is 24.1 Å². The number of amides is 2. The molecule has 0 aromatic heterocycles. The second-order valence-corrected chi connectivity index (χ2v) is 7.94. The van der Waals surface area contributed by atoms with Gasteiger partial charge in [-0.2, -0.15) is 0 Å². The zero-order valence-corrected chi connectivity index (χ0v) is 16.1. The summed E-state index contributed by atoms with van der Waals surface area (Å²) in [6, 6.07) is 11.5. The van der Waals surface area contributed by atoms with Gasteiger partial charge in [0, 0.05) is 23.6 Å². The summed E-state index contributed by atoms with van der Waals surface area (Å²) in [7, 11) is 0. The van der Waals surface area contributed by atoms with Crippen molar-refractivity contribution in [2.24, 2.45) is 0 Å². The lowest BCUT2D eigenvalue weighted by atomic mass is 10.1. The van der Waals surface area contributed by atoms with E-state index >= 15 is 0 Å². The number of rotatable bonds is 5. The van der Waals surface area contributed by atoms with E-state index in [4.69, 9.17) is 4.74 Å². The molecule has 1 N–H and O–H groups in total. The average Bonchev–Trinajstić information content (AvgIpc) is 3.23. The van der Waals surface area contributed by atoms with Crippen molar-refractivity contribution in [3.8, 4) is 0 Å². The van der Waals surface area contributed by atoms with Crippen LogP contribution in [0, 0.1) is 5.82 Å². The first-order valence-electron chi connectivity index (χ1n) is 9.31. The Morgan fingerprint density at radius 1 is 1.25 bits per heavy atom. The SMILES string of the molecule is O=C(NCC1CCCO1)c1ccc2c(c1)N(Cc1ccc(F)cc1)C(=O)CS2. The minimum absolute atomic E-state index is 0.0289. The molecule has 2 aliphatic heterocycles. The molecule has 1 fully saturated rings. The van der Waals surface area contributed by atoms with E-state index in [9.17, 15) is 14.0 Å². The lowest BCUT2D eigenvalue weighted by Gasteiger charge is -2.29. The number of benzene rings is 2. The molecule has 2 heterocycles. The van der Waals surface area contributed by atoms with Crippen molar-refractivity contribution in [1.82, 2.24) is 5.32 Å². The Morgan fingerprint density at radius 3 is 2.82 bits per heavy atom. The quantitative estimate of drug-likeness (QED) is 0.836. The molecule has 0 bridgehead atoms. The number of carbonyl (C=O) groups excluding carboxylic acids is 2. The number of ether oxygens (including phenoxy) is 1. The number of carbonyl (C=O) groups is 2.